The fraction of sp³-hybridized carbons (Fsp3) is 0.385. The molecule has 1 heterocycles. The highest BCUT2D eigenvalue weighted by atomic mass is 14.9. The Labute approximate surface area is 90.9 Å². The molecule has 15 heavy (non-hydrogen) atoms. The largest absolute Gasteiger partial charge is 0.348 e. The molecule has 0 saturated heterocycles. The Kier molecular flexibility index (Phi) is 2.53. The molecular weight excluding hydrogens is 184 g/mol. The van der Waals surface area contributed by atoms with Crippen molar-refractivity contribution in [1.82, 2.24) is 9.88 Å². The summed E-state index contributed by atoms with van der Waals surface area (Å²) >= 11 is 0. The minimum absolute atomic E-state index is 0.399. The Morgan fingerprint density at radius 3 is 2.73 bits per heavy atom. The Bertz CT molecular complexity index is 482. The van der Waals surface area contributed by atoms with E-state index >= 15 is 0 Å². The summed E-state index contributed by atoms with van der Waals surface area (Å²) in [6, 6.07) is 9.16. The fourth-order valence-corrected chi connectivity index (χ4v) is 2.05. The van der Waals surface area contributed by atoms with Gasteiger partial charge in [-0.25, -0.2) is 0 Å². The van der Waals surface area contributed by atoms with Gasteiger partial charge in [0.1, 0.15) is 0 Å². The van der Waals surface area contributed by atoms with Crippen molar-refractivity contribution in [2.75, 3.05) is 7.05 Å². The minimum Gasteiger partial charge on any atom is -0.348 e. The molecule has 0 saturated carbocycles. The van der Waals surface area contributed by atoms with Crippen molar-refractivity contribution in [3.05, 3.63) is 35.5 Å². The lowest BCUT2D eigenvalue weighted by atomic mass is 10.0. The van der Waals surface area contributed by atoms with Crippen molar-refractivity contribution < 1.29 is 0 Å². The predicted molar refractivity (Wildman–Crippen MR) is 65.1 cm³/mol. The molecule has 2 nitrogen and oxygen atoms in total. The highest BCUT2D eigenvalue weighted by molar-refractivity contribution is 5.85. The molecule has 0 radical (unpaired) electrons. The molecule has 0 aliphatic carbocycles. The Balaban J connectivity index is 2.71. The second-order valence-corrected chi connectivity index (χ2v) is 4.14. The molecule has 2 rings (SSSR count). The van der Waals surface area contributed by atoms with Crippen LogP contribution in [0.1, 0.15) is 24.2 Å². The molecule has 1 aromatic heterocycles. The van der Waals surface area contributed by atoms with E-state index in [-0.39, 0.29) is 0 Å². The smallest absolute Gasteiger partial charge is 0.0483 e. The molecular formula is C13H18N2. The van der Waals surface area contributed by atoms with Crippen LogP contribution in [0.3, 0.4) is 0 Å². The molecule has 1 unspecified atom stereocenters. The van der Waals surface area contributed by atoms with Crippen molar-refractivity contribution in [3.63, 3.8) is 0 Å². The second kappa shape index (κ2) is 3.70. The first-order valence-electron chi connectivity index (χ1n) is 5.37. The lowest BCUT2D eigenvalue weighted by Gasteiger charge is -2.11. The van der Waals surface area contributed by atoms with Crippen LogP contribution in [0.2, 0.25) is 0 Å². The molecule has 80 valence electrons. The number of hydrogen-bond acceptors (Lipinski definition) is 1. The first kappa shape index (κ1) is 10.2. The van der Waals surface area contributed by atoms with E-state index in [1.54, 1.807) is 0 Å². The molecule has 0 amide bonds. The second-order valence-electron chi connectivity index (χ2n) is 4.14. The summed E-state index contributed by atoms with van der Waals surface area (Å²) < 4.78 is 2.24. The monoisotopic (exact) mass is 202 g/mol. The molecule has 1 aromatic carbocycles. The van der Waals surface area contributed by atoms with E-state index in [4.69, 9.17) is 0 Å². The van der Waals surface area contributed by atoms with Crippen LogP contribution in [0.25, 0.3) is 10.9 Å². The number of hydrogen-bond donors (Lipinski definition) is 1. The molecule has 1 N–H and O–H groups in total. The van der Waals surface area contributed by atoms with Crippen LogP contribution in [-0.2, 0) is 7.05 Å². The third kappa shape index (κ3) is 1.55. The molecule has 0 spiro atoms. The topological polar surface area (TPSA) is 17.0 Å². The van der Waals surface area contributed by atoms with Crippen LogP contribution in [-0.4, -0.2) is 11.6 Å². The maximum atomic E-state index is 3.29. The lowest BCUT2D eigenvalue weighted by molar-refractivity contribution is 0.657. The number of benzene rings is 1. The SMILES string of the molecule is CNC(C)c1cccc2c1cc(C)n2C. The highest BCUT2D eigenvalue weighted by Crippen LogP contribution is 2.26. The van der Waals surface area contributed by atoms with E-state index in [9.17, 15) is 0 Å². The average molecular weight is 202 g/mol. The van der Waals surface area contributed by atoms with E-state index in [0.29, 0.717) is 6.04 Å². The first-order chi connectivity index (χ1) is 7.15. The summed E-state index contributed by atoms with van der Waals surface area (Å²) in [6.45, 7) is 4.34. The van der Waals surface area contributed by atoms with Gasteiger partial charge in [0.25, 0.3) is 0 Å². The van der Waals surface area contributed by atoms with Crippen molar-refractivity contribution in [2.24, 2.45) is 7.05 Å². The summed E-state index contributed by atoms with van der Waals surface area (Å²) in [4.78, 5) is 0. The predicted octanol–water partition coefficient (Wildman–Crippen LogP) is 2.77. The standard InChI is InChI=1S/C13H18N2/c1-9-8-12-11(10(2)14-3)6-5-7-13(12)15(9)4/h5-8,10,14H,1-4H3. The van der Waals surface area contributed by atoms with Crippen LogP contribution in [0.5, 0.6) is 0 Å². The Hall–Kier alpha value is -1.28. The number of nitrogens with zero attached hydrogens (tertiary/aromatic N) is 1. The molecule has 0 bridgehead atoms. The van der Waals surface area contributed by atoms with Crippen molar-refractivity contribution in [3.8, 4) is 0 Å². The molecule has 0 aliphatic heterocycles. The van der Waals surface area contributed by atoms with Gasteiger partial charge in [-0.15, -0.1) is 0 Å². The van der Waals surface area contributed by atoms with Gasteiger partial charge in [0.15, 0.2) is 0 Å². The molecule has 2 heteroatoms. The summed E-state index contributed by atoms with van der Waals surface area (Å²) in [5.41, 5.74) is 3.99. The lowest BCUT2D eigenvalue weighted by Crippen LogP contribution is -2.12. The van der Waals surface area contributed by atoms with Crippen molar-refractivity contribution >= 4 is 10.9 Å². The van der Waals surface area contributed by atoms with Gasteiger partial charge in [-0.1, -0.05) is 12.1 Å². The summed E-state index contributed by atoms with van der Waals surface area (Å²) in [7, 11) is 4.12. The summed E-state index contributed by atoms with van der Waals surface area (Å²) in [5, 5.41) is 4.65. The van der Waals surface area contributed by atoms with Gasteiger partial charge in [0.2, 0.25) is 0 Å². The quantitative estimate of drug-likeness (QED) is 0.792. The normalized spacial score (nSPS) is 13.3. The Morgan fingerprint density at radius 1 is 1.33 bits per heavy atom. The van der Waals surface area contributed by atoms with Crippen molar-refractivity contribution in [2.45, 2.75) is 19.9 Å². The van der Waals surface area contributed by atoms with Gasteiger partial charge in [0.05, 0.1) is 0 Å². The van der Waals surface area contributed by atoms with Crippen LogP contribution in [0.4, 0.5) is 0 Å². The summed E-state index contributed by atoms with van der Waals surface area (Å²) in [6.07, 6.45) is 0. The van der Waals surface area contributed by atoms with Crippen LogP contribution >= 0.6 is 0 Å². The number of rotatable bonds is 2. The van der Waals surface area contributed by atoms with Gasteiger partial charge < -0.3 is 9.88 Å². The number of aromatic nitrogens is 1. The van der Waals surface area contributed by atoms with E-state index in [0.717, 1.165) is 0 Å². The van der Waals surface area contributed by atoms with E-state index in [1.807, 2.05) is 7.05 Å². The van der Waals surface area contributed by atoms with Crippen LogP contribution < -0.4 is 5.32 Å². The maximum absolute atomic E-state index is 3.29. The zero-order valence-electron chi connectivity index (χ0n) is 9.83. The highest BCUT2D eigenvalue weighted by Gasteiger charge is 2.10. The van der Waals surface area contributed by atoms with Crippen molar-refractivity contribution in [1.29, 1.82) is 0 Å². The molecule has 0 fully saturated rings. The Morgan fingerprint density at radius 2 is 2.07 bits per heavy atom. The summed E-state index contributed by atoms with van der Waals surface area (Å²) in [5.74, 6) is 0. The van der Waals surface area contributed by atoms with E-state index < -0.39 is 0 Å². The van der Waals surface area contributed by atoms with E-state index in [1.165, 1.54) is 22.2 Å². The first-order valence-corrected chi connectivity index (χ1v) is 5.37. The minimum atomic E-state index is 0.399. The van der Waals surface area contributed by atoms with Gasteiger partial charge >= 0.3 is 0 Å². The third-order valence-electron chi connectivity index (χ3n) is 3.26. The number of aryl methyl sites for hydroxylation is 2. The molecule has 1 atom stereocenters. The number of nitrogens with one attached hydrogen (secondary N) is 1. The van der Waals surface area contributed by atoms with E-state index in [2.05, 4.69) is 55.0 Å². The average Bonchev–Trinajstić information content (AvgIpc) is 2.54. The van der Waals surface area contributed by atoms with Crippen LogP contribution in [0.15, 0.2) is 24.3 Å². The zero-order valence-corrected chi connectivity index (χ0v) is 9.83. The van der Waals surface area contributed by atoms with Gasteiger partial charge in [-0.05, 0) is 38.6 Å². The van der Waals surface area contributed by atoms with Gasteiger partial charge in [-0.2, -0.15) is 0 Å². The van der Waals surface area contributed by atoms with Crippen LogP contribution in [0, 0.1) is 6.92 Å². The third-order valence-corrected chi connectivity index (χ3v) is 3.26. The maximum Gasteiger partial charge on any atom is 0.0483 e. The van der Waals surface area contributed by atoms with Gasteiger partial charge in [0, 0.05) is 29.7 Å². The zero-order chi connectivity index (χ0) is 11.0. The fourth-order valence-electron chi connectivity index (χ4n) is 2.05. The molecule has 2 aromatic rings. The number of fused-ring (bicyclic) bond motifs is 1. The van der Waals surface area contributed by atoms with Gasteiger partial charge in [-0.3, -0.25) is 0 Å². The molecule has 0 aliphatic rings.